The van der Waals surface area contributed by atoms with Crippen molar-refractivity contribution in [3.8, 4) is 0 Å². The summed E-state index contributed by atoms with van der Waals surface area (Å²) in [5.41, 5.74) is 0. The normalized spacial score (nSPS) is 47.1. The smallest absolute Gasteiger partial charge is 0.0595 e. The lowest BCUT2D eigenvalue weighted by Gasteiger charge is -2.31. The zero-order chi connectivity index (χ0) is 6.97. The molecule has 1 saturated heterocycles. The van der Waals surface area contributed by atoms with Gasteiger partial charge in [-0.15, -0.1) is 0 Å². The maximum atomic E-state index is 9.54. The van der Waals surface area contributed by atoms with Gasteiger partial charge >= 0.3 is 0 Å². The van der Waals surface area contributed by atoms with E-state index in [9.17, 15) is 5.11 Å². The number of rotatable bonds is 0. The van der Waals surface area contributed by atoms with Gasteiger partial charge in [0.1, 0.15) is 0 Å². The van der Waals surface area contributed by atoms with Crippen LogP contribution in [0, 0.1) is 5.92 Å². The fourth-order valence-electron chi connectivity index (χ4n) is 2.33. The average molecular weight is 141 g/mol. The van der Waals surface area contributed by atoms with Crippen molar-refractivity contribution in [1.29, 1.82) is 0 Å². The van der Waals surface area contributed by atoms with Crippen molar-refractivity contribution in [2.24, 2.45) is 5.92 Å². The van der Waals surface area contributed by atoms with Crippen LogP contribution in [-0.4, -0.2) is 23.8 Å². The second-order valence-corrected chi connectivity index (χ2v) is 3.51. The van der Waals surface area contributed by atoms with Crippen molar-refractivity contribution in [2.75, 3.05) is 6.54 Å². The first-order valence-electron chi connectivity index (χ1n) is 4.29. The Kier molecular flexibility index (Phi) is 1.66. The van der Waals surface area contributed by atoms with E-state index < -0.39 is 0 Å². The van der Waals surface area contributed by atoms with Crippen molar-refractivity contribution in [3.05, 3.63) is 0 Å². The number of piperidine rings is 1. The molecule has 0 amide bonds. The van der Waals surface area contributed by atoms with E-state index in [2.05, 4.69) is 5.32 Å². The van der Waals surface area contributed by atoms with Gasteiger partial charge in [-0.25, -0.2) is 0 Å². The summed E-state index contributed by atoms with van der Waals surface area (Å²) in [5, 5.41) is 13.0. The summed E-state index contributed by atoms with van der Waals surface area (Å²) >= 11 is 0. The Bertz CT molecular complexity index is 126. The van der Waals surface area contributed by atoms with Gasteiger partial charge in [0.2, 0.25) is 0 Å². The van der Waals surface area contributed by atoms with Crippen LogP contribution in [0.25, 0.3) is 0 Å². The zero-order valence-electron chi connectivity index (χ0n) is 6.21. The summed E-state index contributed by atoms with van der Waals surface area (Å²) < 4.78 is 0. The van der Waals surface area contributed by atoms with Crippen molar-refractivity contribution < 1.29 is 5.11 Å². The van der Waals surface area contributed by atoms with Gasteiger partial charge in [0.25, 0.3) is 0 Å². The van der Waals surface area contributed by atoms with Crippen LogP contribution in [0.4, 0.5) is 0 Å². The minimum atomic E-state index is -0.00579. The van der Waals surface area contributed by atoms with Crippen LogP contribution in [0.1, 0.15) is 25.7 Å². The van der Waals surface area contributed by atoms with Gasteiger partial charge in [0, 0.05) is 12.0 Å². The highest BCUT2D eigenvalue weighted by Gasteiger charge is 2.34. The molecule has 2 rings (SSSR count). The molecule has 58 valence electrons. The minimum absolute atomic E-state index is 0.00579. The molecule has 0 bridgehead atoms. The molecule has 0 unspecified atom stereocenters. The van der Waals surface area contributed by atoms with E-state index in [-0.39, 0.29) is 6.10 Å². The fourth-order valence-corrected chi connectivity index (χ4v) is 2.33. The van der Waals surface area contributed by atoms with Crippen LogP contribution < -0.4 is 5.32 Å². The summed E-state index contributed by atoms with van der Waals surface area (Å²) in [6, 6.07) is 0.642. The fraction of sp³-hybridized carbons (Fsp3) is 1.00. The maximum absolute atomic E-state index is 9.54. The highest BCUT2D eigenvalue weighted by Crippen LogP contribution is 2.31. The molecule has 3 atom stereocenters. The molecular weight excluding hydrogens is 126 g/mol. The number of nitrogens with one attached hydrogen (secondary N) is 1. The molecule has 2 aliphatic rings. The van der Waals surface area contributed by atoms with Gasteiger partial charge in [-0.1, -0.05) is 6.42 Å². The average Bonchev–Trinajstić information content (AvgIpc) is 2.36. The summed E-state index contributed by atoms with van der Waals surface area (Å²) in [5.74, 6) is 0.578. The van der Waals surface area contributed by atoms with Gasteiger partial charge in [-0.05, 0) is 25.8 Å². The summed E-state index contributed by atoms with van der Waals surface area (Å²) in [4.78, 5) is 0. The third-order valence-corrected chi connectivity index (χ3v) is 2.91. The molecule has 0 aromatic carbocycles. The molecule has 0 spiro atoms. The van der Waals surface area contributed by atoms with E-state index in [0.29, 0.717) is 12.0 Å². The molecule has 2 nitrogen and oxygen atoms in total. The Morgan fingerprint density at radius 3 is 2.90 bits per heavy atom. The highest BCUT2D eigenvalue weighted by molar-refractivity contribution is 4.91. The van der Waals surface area contributed by atoms with Gasteiger partial charge in [-0.3, -0.25) is 0 Å². The van der Waals surface area contributed by atoms with Crippen molar-refractivity contribution in [1.82, 2.24) is 5.32 Å². The lowest BCUT2D eigenvalue weighted by molar-refractivity contribution is 0.0645. The van der Waals surface area contributed by atoms with E-state index in [4.69, 9.17) is 0 Å². The third kappa shape index (κ3) is 0.956. The summed E-state index contributed by atoms with van der Waals surface area (Å²) in [6.45, 7) is 1.02. The first-order valence-corrected chi connectivity index (χ1v) is 4.29. The molecule has 1 heterocycles. The summed E-state index contributed by atoms with van der Waals surface area (Å²) in [7, 11) is 0. The molecule has 0 aromatic rings. The van der Waals surface area contributed by atoms with Crippen LogP contribution in [-0.2, 0) is 0 Å². The largest absolute Gasteiger partial charge is 0.393 e. The van der Waals surface area contributed by atoms with Crippen molar-refractivity contribution in [3.63, 3.8) is 0 Å². The predicted octanol–water partition coefficient (Wildman–Crippen LogP) is 0.509. The number of hydrogen-bond acceptors (Lipinski definition) is 2. The van der Waals surface area contributed by atoms with E-state index in [0.717, 1.165) is 13.0 Å². The number of fused-ring (bicyclic) bond motifs is 1. The van der Waals surface area contributed by atoms with Crippen LogP contribution in [0.5, 0.6) is 0 Å². The quantitative estimate of drug-likeness (QED) is 0.515. The van der Waals surface area contributed by atoms with Gasteiger partial charge < -0.3 is 10.4 Å². The molecule has 1 saturated carbocycles. The molecule has 0 radical (unpaired) electrons. The molecular formula is C8H15NO. The second-order valence-electron chi connectivity index (χ2n) is 3.51. The van der Waals surface area contributed by atoms with Gasteiger partial charge in [0.05, 0.1) is 6.10 Å². The third-order valence-electron chi connectivity index (χ3n) is 2.91. The minimum Gasteiger partial charge on any atom is -0.393 e. The maximum Gasteiger partial charge on any atom is 0.0595 e. The highest BCUT2D eigenvalue weighted by atomic mass is 16.3. The molecule has 2 N–H and O–H groups in total. The Balaban J connectivity index is 2.03. The molecule has 0 aromatic heterocycles. The SMILES string of the molecule is O[C@H]1CCN[C@H]2CCC[C@H]21. The Hall–Kier alpha value is -0.0800. The second kappa shape index (κ2) is 2.51. The first kappa shape index (κ1) is 6.62. The van der Waals surface area contributed by atoms with E-state index in [1.165, 1.54) is 19.3 Å². The van der Waals surface area contributed by atoms with Crippen LogP contribution in [0.15, 0.2) is 0 Å². The monoisotopic (exact) mass is 141 g/mol. The van der Waals surface area contributed by atoms with E-state index in [1.54, 1.807) is 0 Å². The lowest BCUT2D eigenvalue weighted by atomic mass is 9.91. The molecule has 2 heteroatoms. The van der Waals surface area contributed by atoms with Crippen LogP contribution in [0.3, 0.4) is 0 Å². The number of aliphatic hydroxyl groups excluding tert-OH is 1. The molecule has 1 aliphatic heterocycles. The van der Waals surface area contributed by atoms with Crippen molar-refractivity contribution >= 4 is 0 Å². The Morgan fingerprint density at radius 2 is 2.10 bits per heavy atom. The standard InChI is InChI=1S/C8H15NO/c10-8-4-5-9-7-3-1-2-6(7)8/h6-10H,1-5H2/t6-,7+,8+/m1/s1. The lowest BCUT2D eigenvalue weighted by Crippen LogP contribution is -2.45. The first-order chi connectivity index (χ1) is 4.88. The predicted molar refractivity (Wildman–Crippen MR) is 39.8 cm³/mol. The molecule has 10 heavy (non-hydrogen) atoms. The van der Waals surface area contributed by atoms with Crippen LogP contribution >= 0.6 is 0 Å². The van der Waals surface area contributed by atoms with Gasteiger partial charge in [-0.2, -0.15) is 0 Å². The van der Waals surface area contributed by atoms with Gasteiger partial charge in [0.15, 0.2) is 0 Å². The number of aliphatic hydroxyl groups is 1. The molecule has 1 aliphatic carbocycles. The summed E-state index contributed by atoms with van der Waals surface area (Å²) in [6.07, 6.45) is 4.77. The van der Waals surface area contributed by atoms with Crippen molar-refractivity contribution in [2.45, 2.75) is 37.8 Å². The topological polar surface area (TPSA) is 32.3 Å². The van der Waals surface area contributed by atoms with E-state index >= 15 is 0 Å². The Labute approximate surface area is 61.6 Å². The Morgan fingerprint density at radius 1 is 1.20 bits per heavy atom. The van der Waals surface area contributed by atoms with Crippen LogP contribution in [0.2, 0.25) is 0 Å². The van der Waals surface area contributed by atoms with E-state index in [1.807, 2.05) is 0 Å². The zero-order valence-corrected chi connectivity index (χ0v) is 6.21. The molecule has 2 fully saturated rings. The number of hydrogen-bond donors (Lipinski definition) is 2.